The summed E-state index contributed by atoms with van der Waals surface area (Å²) in [6.45, 7) is 0. The highest BCUT2D eigenvalue weighted by molar-refractivity contribution is 7.91. The number of nitrogens with zero attached hydrogens (tertiary/aromatic N) is 1. The number of nitrogens with one attached hydrogen (secondary N) is 1. The Kier molecular flexibility index (Phi) is 7.21. The van der Waals surface area contributed by atoms with E-state index in [4.69, 9.17) is 16.9 Å². The Labute approximate surface area is 202 Å². The number of hydrogen-bond acceptors (Lipinski definition) is 5. The highest BCUT2D eigenvalue weighted by Gasteiger charge is 2.44. The molecule has 182 valence electrons. The number of sulfone groups is 1. The SMILES string of the molecule is N#Cc1ccc(NC(=O)C(O)(CS(=O)(=O)c2cccc(F)c2)c2cccc(C(F)(F)F)c2)cc1Cl. The van der Waals surface area contributed by atoms with E-state index in [0.29, 0.717) is 18.2 Å². The molecule has 3 aromatic rings. The molecule has 0 aromatic heterocycles. The topological polar surface area (TPSA) is 107 Å². The van der Waals surface area contributed by atoms with Gasteiger partial charge in [0.1, 0.15) is 11.9 Å². The highest BCUT2D eigenvalue weighted by atomic mass is 35.5. The second-order valence-electron chi connectivity index (χ2n) is 7.42. The van der Waals surface area contributed by atoms with Gasteiger partial charge in [0.25, 0.3) is 5.91 Å². The third kappa shape index (κ3) is 5.79. The van der Waals surface area contributed by atoms with Crippen molar-refractivity contribution in [1.82, 2.24) is 0 Å². The van der Waals surface area contributed by atoms with Crippen LogP contribution in [0.4, 0.5) is 23.2 Å². The van der Waals surface area contributed by atoms with Gasteiger partial charge in [-0.25, -0.2) is 12.8 Å². The zero-order valence-electron chi connectivity index (χ0n) is 17.5. The monoisotopic (exact) mass is 526 g/mol. The first kappa shape index (κ1) is 26.2. The lowest BCUT2D eigenvalue weighted by Gasteiger charge is -2.28. The molecule has 1 amide bonds. The minimum absolute atomic E-state index is 0.0616. The van der Waals surface area contributed by atoms with E-state index in [1.807, 2.05) is 0 Å². The van der Waals surface area contributed by atoms with Gasteiger partial charge < -0.3 is 10.4 Å². The first-order valence-electron chi connectivity index (χ1n) is 9.66. The maximum Gasteiger partial charge on any atom is 0.416 e. The summed E-state index contributed by atoms with van der Waals surface area (Å²) in [4.78, 5) is 12.6. The van der Waals surface area contributed by atoms with E-state index in [2.05, 4.69) is 5.32 Å². The summed E-state index contributed by atoms with van der Waals surface area (Å²) in [5, 5.41) is 22.4. The number of aliphatic hydroxyl groups is 1. The second kappa shape index (κ2) is 9.65. The minimum Gasteiger partial charge on any atom is -0.374 e. The third-order valence-electron chi connectivity index (χ3n) is 4.94. The van der Waals surface area contributed by atoms with Crippen molar-refractivity contribution < 1.29 is 35.9 Å². The van der Waals surface area contributed by atoms with E-state index in [9.17, 15) is 35.9 Å². The van der Waals surface area contributed by atoms with Crippen molar-refractivity contribution in [3.8, 4) is 6.07 Å². The van der Waals surface area contributed by atoms with Crippen LogP contribution in [0.15, 0.2) is 71.6 Å². The number of carbonyl (C=O) groups excluding carboxylic acids is 1. The Morgan fingerprint density at radius 2 is 1.69 bits per heavy atom. The van der Waals surface area contributed by atoms with Gasteiger partial charge in [0.2, 0.25) is 0 Å². The van der Waals surface area contributed by atoms with Crippen molar-refractivity contribution >= 4 is 33.0 Å². The van der Waals surface area contributed by atoms with Crippen LogP contribution in [0.3, 0.4) is 0 Å². The van der Waals surface area contributed by atoms with Crippen LogP contribution < -0.4 is 5.32 Å². The lowest BCUT2D eigenvalue weighted by molar-refractivity contribution is -0.138. The largest absolute Gasteiger partial charge is 0.416 e. The number of halogens is 5. The molecule has 3 aromatic carbocycles. The van der Waals surface area contributed by atoms with Gasteiger partial charge in [-0.15, -0.1) is 0 Å². The number of benzene rings is 3. The van der Waals surface area contributed by atoms with Gasteiger partial charge in [0.05, 0.1) is 26.8 Å². The number of anilines is 1. The van der Waals surface area contributed by atoms with E-state index in [0.717, 1.165) is 36.4 Å². The van der Waals surface area contributed by atoms with E-state index in [1.54, 1.807) is 6.07 Å². The van der Waals surface area contributed by atoms with Crippen molar-refractivity contribution in [3.63, 3.8) is 0 Å². The predicted octanol–water partition coefficient (Wildman–Crippen LogP) is 4.67. The zero-order valence-corrected chi connectivity index (χ0v) is 19.0. The van der Waals surface area contributed by atoms with Crippen molar-refractivity contribution in [1.29, 1.82) is 5.26 Å². The van der Waals surface area contributed by atoms with Crippen molar-refractivity contribution in [2.24, 2.45) is 0 Å². The Morgan fingerprint density at radius 1 is 1.03 bits per heavy atom. The standard InChI is InChI=1S/C23H15ClF4N2O4S/c24-20-11-18(8-7-14(20)12-29)30-21(31)22(32,15-3-1-4-16(9-15)23(26,27)28)13-35(33,34)19-6-2-5-17(25)10-19/h1-11,32H,13H2,(H,30,31). The van der Waals surface area contributed by atoms with Crippen molar-refractivity contribution in [2.75, 3.05) is 11.1 Å². The van der Waals surface area contributed by atoms with Crippen LogP contribution in [-0.4, -0.2) is 25.2 Å². The summed E-state index contributed by atoms with van der Waals surface area (Å²) in [5.74, 6) is -3.71. The summed E-state index contributed by atoms with van der Waals surface area (Å²) in [5.41, 5.74) is -4.93. The Morgan fingerprint density at radius 3 is 2.29 bits per heavy atom. The number of nitriles is 1. The third-order valence-corrected chi connectivity index (χ3v) is 7.03. The van der Waals surface area contributed by atoms with Crippen LogP contribution in [0.5, 0.6) is 0 Å². The lowest BCUT2D eigenvalue weighted by atomic mass is 9.93. The molecule has 12 heteroatoms. The van der Waals surface area contributed by atoms with Crippen LogP contribution in [-0.2, 0) is 26.4 Å². The highest BCUT2D eigenvalue weighted by Crippen LogP contribution is 2.34. The molecule has 0 aliphatic heterocycles. The Hall–Kier alpha value is -3.46. The molecule has 1 atom stereocenters. The maximum absolute atomic E-state index is 13.6. The fourth-order valence-electron chi connectivity index (χ4n) is 3.17. The summed E-state index contributed by atoms with van der Waals surface area (Å²) < 4.78 is 79.4. The summed E-state index contributed by atoms with van der Waals surface area (Å²) in [6.07, 6.45) is -4.85. The average molecular weight is 527 g/mol. The van der Waals surface area contributed by atoms with Gasteiger partial charge >= 0.3 is 6.18 Å². The quantitative estimate of drug-likeness (QED) is 0.454. The zero-order chi connectivity index (χ0) is 26.0. The molecule has 2 N–H and O–H groups in total. The summed E-state index contributed by atoms with van der Waals surface area (Å²) in [6, 6.07) is 12.1. The molecule has 35 heavy (non-hydrogen) atoms. The predicted molar refractivity (Wildman–Crippen MR) is 119 cm³/mol. The van der Waals surface area contributed by atoms with Gasteiger partial charge in [0.15, 0.2) is 15.4 Å². The molecule has 0 heterocycles. The molecule has 0 aliphatic rings. The van der Waals surface area contributed by atoms with Gasteiger partial charge in [-0.3, -0.25) is 4.79 Å². The van der Waals surface area contributed by atoms with Gasteiger partial charge in [-0.05, 0) is 54.1 Å². The van der Waals surface area contributed by atoms with Gasteiger partial charge in [-0.1, -0.05) is 29.8 Å². The fraction of sp³-hybridized carbons (Fsp3) is 0.130. The normalized spacial score (nSPS) is 13.5. The first-order valence-corrected chi connectivity index (χ1v) is 11.7. The smallest absolute Gasteiger partial charge is 0.374 e. The van der Waals surface area contributed by atoms with E-state index >= 15 is 0 Å². The first-order chi connectivity index (χ1) is 16.3. The molecule has 0 fully saturated rings. The van der Waals surface area contributed by atoms with Gasteiger partial charge in [0, 0.05) is 5.69 Å². The molecule has 0 radical (unpaired) electrons. The Balaban J connectivity index is 2.10. The van der Waals surface area contributed by atoms with Crippen molar-refractivity contribution in [3.05, 3.63) is 94.3 Å². The number of alkyl halides is 3. The maximum atomic E-state index is 13.6. The number of hydrogen-bond donors (Lipinski definition) is 2. The molecule has 3 rings (SSSR count). The number of amides is 1. The van der Waals surface area contributed by atoms with Crippen LogP contribution in [0.1, 0.15) is 16.7 Å². The second-order valence-corrected chi connectivity index (χ2v) is 9.81. The van der Waals surface area contributed by atoms with Crippen LogP contribution in [0.25, 0.3) is 0 Å². The average Bonchev–Trinajstić information content (AvgIpc) is 2.78. The molecule has 6 nitrogen and oxygen atoms in total. The van der Waals surface area contributed by atoms with Gasteiger partial charge in [-0.2, -0.15) is 18.4 Å². The van der Waals surface area contributed by atoms with E-state index in [1.165, 1.54) is 12.1 Å². The molecule has 1 unspecified atom stereocenters. The molecule has 0 aliphatic carbocycles. The molecular formula is C23H15ClF4N2O4S. The molecule has 0 bridgehead atoms. The molecule has 0 spiro atoms. The van der Waals surface area contributed by atoms with Crippen LogP contribution in [0.2, 0.25) is 5.02 Å². The van der Waals surface area contributed by atoms with E-state index in [-0.39, 0.29) is 16.3 Å². The summed E-state index contributed by atoms with van der Waals surface area (Å²) >= 11 is 5.92. The van der Waals surface area contributed by atoms with Crippen molar-refractivity contribution in [2.45, 2.75) is 16.7 Å². The number of rotatable bonds is 6. The molecular weight excluding hydrogens is 512 g/mol. The summed E-state index contributed by atoms with van der Waals surface area (Å²) in [7, 11) is -4.59. The number of carbonyl (C=O) groups is 1. The minimum atomic E-state index is -4.85. The Bertz CT molecular complexity index is 1440. The molecule has 0 saturated heterocycles. The van der Waals surface area contributed by atoms with E-state index < -0.39 is 55.1 Å². The van der Waals surface area contributed by atoms with Crippen LogP contribution >= 0.6 is 11.6 Å². The lowest BCUT2D eigenvalue weighted by Crippen LogP contribution is -2.46. The van der Waals surface area contributed by atoms with Crippen LogP contribution in [0, 0.1) is 17.1 Å². The molecule has 0 saturated carbocycles. The fourth-order valence-corrected chi connectivity index (χ4v) is 4.98.